The van der Waals surface area contributed by atoms with Crippen LogP contribution >= 0.6 is 11.8 Å². The lowest BCUT2D eigenvalue weighted by Crippen LogP contribution is -2.40. The molecule has 0 amide bonds. The molecule has 0 aromatic heterocycles. The Balaban J connectivity index is 1.94. The Morgan fingerprint density at radius 1 is 1.32 bits per heavy atom. The molecule has 1 saturated heterocycles. The van der Waals surface area contributed by atoms with E-state index in [2.05, 4.69) is 66.5 Å². The summed E-state index contributed by atoms with van der Waals surface area (Å²) in [7, 11) is 2.13. The summed E-state index contributed by atoms with van der Waals surface area (Å²) in [5.41, 5.74) is 1.32. The van der Waals surface area contributed by atoms with Crippen molar-refractivity contribution in [2.45, 2.75) is 38.1 Å². The fourth-order valence-corrected chi connectivity index (χ4v) is 3.76. The lowest BCUT2D eigenvalue weighted by molar-refractivity contribution is 0.186. The molecule has 0 saturated carbocycles. The van der Waals surface area contributed by atoms with Gasteiger partial charge in [-0.15, -0.1) is 11.8 Å². The van der Waals surface area contributed by atoms with Gasteiger partial charge in [-0.05, 0) is 62.7 Å². The Morgan fingerprint density at radius 2 is 2.08 bits per heavy atom. The first-order valence-electron chi connectivity index (χ1n) is 9.51. The standard InChI is InChI=1S/C20H34N4S/c1-5-21-20(22-14-18-8-7-13-24(6-2)16-18)23(3)15-17-9-11-19(25-4)12-10-17/h9-12,18H,5-8,13-16H2,1-4H3,(H,21,22). The number of nitrogens with zero attached hydrogens (tertiary/aromatic N) is 3. The van der Waals surface area contributed by atoms with Crippen LogP contribution in [-0.4, -0.2) is 61.8 Å². The van der Waals surface area contributed by atoms with E-state index in [1.54, 1.807) is 11.8 Å². The van der Waals surface area contributed by atoms with Gasteiger partial charge >= 0.3 is 0 Å². The average molecular weight is 363 g/mol. The fourth-order valence-electron chi connectivity index (χ4n) is 3.35. The van der Waals surface area contributed by atoms with E-state index >= 15 is 0 Å². The van der Waals surface area contributed by atoms with Gasteiger partial charge in [0.25, 0.3) is 0 Å². The van der Waals surface area contributed by atoms with Crippen LogP contribution in [0.15, 0.2) is 34.2 Å². The molecule has 1 aromatic rings. The fraction of sp³-hybridized carbons (Fsp3) is 0.650. The first-order valence-corrected chi connectivity index (χ1v) is 10.7. The molecule has 1 unspecified atom stereocenters. The Morgan fingerprint density at radius 3 is 2.72 bits per heavy atom. The summed E-state index contributed by atoms with van der Waals surface area (Å²) >= 11 is 1.78. The van der Waals surface area contributed by atoms with E-state index in [0.29, 0.717) is 5.92 Å². The van der Waals surface area contributed by atoms with E-state index < -0.39 is 0 Å². The number of hydrogen-bond donors (Lipinski definition) is 1. The van der Waals surface area contributed by atoms with Gasteiger partial charge in [0.15, 0.2) is 5.96 Å². The molecule has 25 heavy (non-hydrogen) atoms. The van der Waals surface area contributed by atoms with Crippen molar-refractivity contribution in [2.75, 3.05) is 46.0 Å². The topological polar surface area (TPSA) is 30.9 Å². The third-order valence-electron chi connectivity index (χ3n) is 4.82. The highest BCUT2D eigenvalue weighted by atomic mass is 32.2. The van der Waals surface area contributed by atoms with Crippen LogP contribution in [0.25, 0.3) is 0 Å². The molecule has 1 fully saturated rings. The zero-order valence-electron chi connectivity index (χ0n) is 16.3. The van der Waals surface area contributed by atoms with Crippen LogP contribution in [-0.2, 0) is 6.54 Å². The summed E-state index contributed by atoms with van der Waals surface area (Å²) in [5, 5.41) is 3.45. The lowest BCUT2D eigenvalue weighted by atomic mass is 9.98. The molecule has 1 atom stereocenters. The molecule has 1 aliphatic rings. The predicted octanol–water partition coefficient (Wildman–Crippen LogP) is 3.54. The lowest BCUT2D eigenvalue weighted by Gasteiger charge is -2.31. The van der Waals surface area contributed by atoms with Crippen LogP contribution in [0.4, 0.5) is 0 Å². The quantitative estimate of drug-likeness (QED) is 0.457. The molecule has 1 aliphatic heterocycles. The molecular weight excluding hydrogens is 328 g/mol. The van der Waals surface area contributed by atoms with Gasteiger partial charge < -0.3 is 15.1 Å². The Kier molecular flexibility index (Phi) is 8.62. The van der Waals surface area contributed by atoms with Gasteiger partial charge in [-0.1, -0.05) is 19.1 Å². The van der Waals surface area contributed by atoms with E-state index in [1.807, 2.05) is 0 Å². The van der Waals surface area contributed by atoms with Crippen LogP contribution in [0.2, 0.25) is 0 Å². The third-order valence-corrected chi connectivity index (χ3v) is 5.57. The monoisotopic (exact) mass is 362 g/mol. The van der Waals surface area contributed by atoms with E-state index in [0.717, 1.165) is 32.1 Å². The molecule has 0 spiro atoms. The third kappa shape index (κ3) is 6.55. The number of rotatable bonds is 7. The molecule has 1 N–H and O–H groups in total. The van der Waals surface area contributed by atoms with Gasteiger partial charge in [-0.25, -0.2) is 0 Å². The van der Waals surface area contributed by atoms with E-state index in [-0.39, 0.29) is 0 Å². The number of likely N-dealkylation sites (tertiary alicyclic amines) is 1. The second kappa shape index (κ2) is 10.7. The maximum absolute atomic E-state index is 4.94. The number of hydrogen-bond acceptors (Lipinski definition) is 3. The Labute approximate surface area is 158 Å². The molecule has 1 heterocycles. The molecule has 5 heteroatoms. The Hall–Kier alpha value is -1.20. The first-order chi connectivity index (χ1) is 12.2. The number of nitrogens with one attached hydrogen (secondary N) is 1. The van der Waals surface area contributed by atoms with Crippen molar-refractivity contribution in [1.29, 1.82) is 0 Å². The number of piperidine rings is 1. The van der Waals surface area contributed by atoms with Crippen LogP contribution < -0.4 is 5.32 Å². The van der Waals surface area contributed by atoms with Gasteiger partial charge in [-0.2, -0.15) is 0 Å². The summed E-state index contributed by atoms with van der Waals surface area (Å²) in [6.45, 7) is 10.7. The number of benzene rings is 1. The SMILES string of the molecule is CCNC(=NCC1CCCN(CC)C1)N(C)Cc1ccc(SC)cc1. The zero-order chi connectivity index (χ0) is 18.1. The molecule has 1 aromatic carbocycles. The van der Waals surface area contributed by atoms with Crippen molar-refractivity contribution in [2.24, 2.45) is 10.9 Å². The summed E-state index contributed by atoms with van der Waals surface area (Å²) in [5.74, 6) is 1.71. The van der Waals surface area contributed by atoms with E-state index in [4.69, 9.17) is 4.99 Å². The van der Waals surface area contributed by atoms with Gasteiger partial charge in [0.05, 0.1) is 0 Å². The summed E-state index contributed by atoms with van der Waals surface area (Å²) in [6.07, 6.45) is 4.73. The molecule has 0 radical (unpaired) electrons. The first kappa shape index (κ1) is 20.1. The van der Waals surface area contributed by atoms with E-state index in [9.17, 15) is 0 Å². The summed E-state index contributed by atoms with van der Waals surface area (Å²) in [6, 6.07) is 8.82. The Bertz CT molecular complexity index is 529. The normalized spacial score (nSPS) is 19.0. The summed E-state index contributed by atoms with van der Waals surface area (Å²) in [4.78, 5) is 11.0. The van der Waals surface area contributed by atoms with Crippen molar-refractivity contribution >= 4 is 17.7 Å². The van der Waals surface area contributed by atoms with Gasteiger partial charge in [-0.3, -0.25) is 4.99 Å². The molecule has 0 aliphatic carbocycles. The van der Waals surface area contributed by atoms with Gasteiger partial charge in [0.1, 0.15) is 0 Å². The van der Waals surface area contributed by atoms with Crippen molar-refractivity contribution in [1.82, 2.24) is 15.1 Å². The molecular formula is C20H34N4S. The molecule has 0 bridgehead atoms. The van der Waals surface area contributed by atoms with Crippen molar-refractivity contribution < 1.29 is 0 Å². The smallest absolute Gasteiger partial charge is 0.193 e. The van der Waals surface area contributed by atoms with Crippen LogP contribution in [0.3, 0.4) is 0 Å². The van der Waals surface area contributed by atoms with Crippen LogP contribution in [0.1, 0.15) is 32.3 Å². The average Bonchev–Trinajstić information content (AvgIpc) is 2.65. The van der Waals surface area contributed by atoms with Crippen molar-refractivity contribution in [3.63, 3.8) is 0 Å². The van der Waals surface area contributed by atoms with E-state index in [1.165, 1.54) is 36.4 Å². The minimum atomic E-state index is 0.691. The van der Waals surface area contributed by atoms with Crippen molar-refractivity contribution in [3.8, 4) is 0 Å². The molecule has 140 valence electrons. The minimum absolute atomic E-state index is 0.691. The van der Waals surface area contributed by atoms with Crippen LogP contribution in [0.5, 0.6) is 0 Å². The maximum atomic E-state index is 4.94. The maximum Gasteiger partial charge on any atom is 0.193 e. The van der Waals surface area contributed by atoms with Crippen molar-refractivity contribution in [3.05, 3.63) is 29.8 Å². The number of aliphatic imine (C=N–C) groups is 1. The highest BCUT2D eigenvalue weighted by Gasteiger charge is 2.18. The second-order valence-electron chi connectivity index (χ2n) is 6.80. The number of thioether (sulfide) groups is 1. The minimum Gasteiger partial charge on any atom is -0.357 e. The summed E-state index contributed by atoms with van der Waals surface area (Å²) < 4.78 is 0. The van der Waals surface area contributed by atoms with Crippen LogP contribution in [0, 0.1) is 5.92 Å². The predicted molar refractivity (Wildman–Crippen MR) is 111 cm³/mol. The molecule has 2 rings (SSSR count). The van der Waals surface area contributed by atoms with Gasteiger partial charge in [0.2, 0.25) is 0 Å². The highest BCUT2D eigenvalue weighted by molar-refractivity contribution is 7.98. The molecule has 4 nitrogen and oxygen atoms in total. The zero-order valence-corrected chi connectivity index (χ0v) is 17.1. The largest absolute Gasteiger partial charge is 0.357 e. The number of guanidine groups is 1. The van der Waals surface area contributed by atoms with Gasteiger partial charge in [0, 0.05) is 38.1 Å². The second-order valence-corrected chi connectivity index (χ2v) is 7.68. The highest BCUT2D eigenvalue weighted by Crippen LogP contribution is 2.17.